The first kappa shape index (κ1) is 10.6. The van der Waals surface area contributed by atoms with Crippen molar-refractivity contribution in [1.82, 2.24) is 4.67 Å². The molecule has 2 amide bonds. The molecule has 82 valence electrons. The zero-order valence-electron chi connectivity index (χ0n) is 8.12. The molecule has 1 aliphatic heterocycles. The maximum Gasteiger partial charge on any atom is 0.341 e. The SMILES string of the molecule is O=C1C=CC(=O)N1[PH](=O)Oc1ccccc1. The molecule has 0 aliphatic carbocycles. The number of hydrogen-bond donors (Lipinski definition) is 0. The molecule has 1 atom stereocenters. The minimum Gasteiger partial charge on any atom is -0.430 e. The van der Waals surface area contributed by atoms with E-state index in [1.807, 2.05) is 0 Å². The van der Waals surface area contributed by atoms with Crippen molar-refractivity contribution < 1.29 is 18.7 Å². The molecule has 1 heterocycles. The lowest BCUT2D eigenvalue weighted by Gasteiger charge is -2.13. The topological polar surface area (TPSA) is 63.7 Å². The van der Waals surface area contributed by atoms with Crippen LogP contribution < -0.4 is 4.52 Å². The van der Waals surface area contributed by atoms with E-state index >= 15 is 0 Å². The first-order chi connectivity index (χ1) is 7.68. The van der Waals surface area contributed by atoms with Gasteiger partial charge >= 0.3 is 8.18 Å². The summed E-state index contributed by atoms with van der Waals surface area (Å²) in [4.78, 5) is 22.4. The summed E-state index contributed by atoms with van der Waals surface area (Å²) in [5, 5.41) is 0. The molecule has 1 aliphatic rings. The second-order valence-electron chi connectivity index (χ2n) is 3.03. The first-order valence-corrected chi connectivity index (χ1v) is 5.78. The second kappa shape index (κ2) is 4.33. The Hall–Kier alpha value is -1.87. The summed E-state index contributed by atoms with van der Waals surface area (Å²) in [5.41, 5.74) is 0. The number of benzene rings is 1. The fourth-order valence-corrected chi connectivity index (χ4v) is 2.15. The number of hydrogen-bond acceptors (Lipinski definition) is 4. The molecule has 0 saturated carbocycles. The summed E-state index contributed by atoms with van der Waals surface area (Å²) in [5.74, 6) is -0.853. The Morgan fingerprint density at radius 3 is 2.12 bits per heavy atom. The van der Waals surface area contributed by atoms with E-state index < -0.39 is 20.0 Å². The van der Waals surface area contributed by atoms with Gasteiger partial charge in [0, 0.05) is 12.2 Å². The lowest BCUT2D eigenvalue weighted by Crippen LogP contribution is -2.23. The molecule has 0 radical (unpaired) electrons. The predicted molar refractivity (Wildman–Crippen MR) is 57.1 cm³/mol. The predicted octanol–water partition coefficient (Wildman–Crippen LogP) is 1.38. The van der Waals surface area contributed by atoms with E-state index in [1.165, 1.54) is 0 Å². The third kappa shape index (κ3) is 2.04. The molecule has 16 heavy (non-hydrogen) atoms. The molecule has 0 saturated heterocycles. The third-order valence-electron chi connectivity index (χ3n) is 1.94. The first-order valence-electron chi connectivity index (χ1n) is 4.51. The average molecular weight is 237 g/mol. The van der Waals surface area contributed by atoms with Crippen LogP contribution in [0.3, 0.4) is 0 Å². The van der Waals surface area contributed by atoms with E-state index in [2.05, 4.69) is 0 Å². The molecule has 0 fully saturated rings. The molecular formula is C10H8NO4P. The number of nitrogens with zero attached hydrogens (tertiary/aromatic N) is 1. The van der Waals surface area contributed by atoms with Crippen molar-refractivity contribution in [3.05, 3.63) is 42.5 Å². The van der Waals surface area contributed by atoms with Gasteiger partial charge in [-0.05, 0) is 12.1 Å². The number of para-hydroxylation sites is 1. The van der Waals surface area contributed by atoms with E-state index in [-0.39, 0.29) is 0 Å². The van der Waals surface area contributed by atoms with Gasteiger partial charge < -0.3 is 4.52 Å². The van der Waals surface area contributed by atoms with Gasteiger partial charge in [0.05, 0.1) is 0 Å². The fraction of sp³-hybridized carbons (Fsp3) is 0. The van der Waals surface area contributed by atoms with Crippen LogP contribution in [0.2, 0.25) is 0 Å². The quantitative estimate of drug-likeness (QED) is 0.588. The van der Waals surface area contributed by atoms with Gasteiger partial charge in [-0.3, -0.25) is 14.2 Å². The summed E-state index contributed by atoms with van der Waals surface area (Å²) in [7, 11) is -2.90. The molecule has 1 unspecified atom stereocenters. The second-order valence-corrected chi connectivity index (χ2v) is 4.21. The van der Waals surface area contributed by atoms with E-state index in [0.717, 1.165) is 12.2 Å². The van der Waals surface area contributed by atoms with Crippen LogP contribution in [0.4, 0.5) is 0 Å². The molecule has 5 nitrogen and oxygen atoms in total. The van der Waals surface area contributed by atoms with Gasteiger partial charge in [-0.15, -0.1) is 0 Å². The van der Waals surface area contributed by atoms with Crippen LogP contribution in [-0.2, 0) is 14.2 Å². The monoisotopic (exact) mass is 237 g/mol. The highest BCUT2D eigenvalue weighted by Crippen LogP contribution is 2.33. The third-order valence-corrected chi connectivity index (χ3v) is 3.16. The van der Waals surface area contributed by atoms with Crippen LogP contribution in [0.15, 0.2) is 42.5 Å². The maximum absolute atomic E-state index is 11.6. The zero-order chi connectivity index (χ0) is 11.5. The Morgan fingerprint density at radius 1 is 1.00 bits per heavy atom. The van der Waals surface area contributed by atoms with Gasteiger partial charge in [-0.2, -0.15) is 4.67 Å². The zero-order valence-corrected chi connectivity index (χ0v) is 9.12. The summed E-state index contributed by atoms with van der Waals surface area (Å²) >= 11 is 0. The molecular weight excluding hydrogens is 229 g/mol. The van der Waals surface area contributed by atoms with Crippen molar-refractivity contribution in [2.75, 3.05) is 0 Å². The molecule has 0 spiro atoms. The average Bonchev–Trinajstić information content (AvgIpc) is 2.60. The number of carbonyl (C=O) groups is 2. The number of imide groups is 1. The molecule has 0 N–H and O–H groups in total. The van der Waals surface area contributed by atoms with Gasteiger partial charge in [0.25, 0.3) is 11.8 Å². The van der Waals surface area contributed by atoms with Gasteiger partial charge in [-0.25, -0.2) is 0 Å². The van der Waals surface area contributed by atoms with Crippen molar-refractivity contribution in [2.45, 2.75) is 0 Å². The molecule has 2 rings (SSSR count). The van der Waals surface area contributed by atoms with E-state index in [1.54, 1.807) is 30.3 Å². The summed E-state index contributed by atoms with van der Waals surface area (Å²) in [6, 6.07) is 8.38. The van der Waals surface area contributed by atoms with Gasteiger partial charge in [-0.1, -0.05) is 18.2 Å². The van der Waals surface area contributed by atoms with Crippen molar-refractivity contribution >= 4 is 20.0 Å². The van der Waals surface area contributed by atoms with Crippen molar-refractivity contribution in [3.8, 4) is 5.75 Å². The Kier molecular flexibility index (Phi) is 2.88. The van der Waals surface area contributed by atoms with Crippen molar-refractivity contribution in [1.29, 1.82) is 0 Å². The van der Waals surface area contributed by atoms with Crippen LogP contribution >= 0.6 is 8.18 Å². The highest BCUT2D eigenvalue weighted by atomic mass is 31.1. The minimum atomic E-state index is -2.90. The Morgan fingerprint density at radius 2 is 1.56 bits per heavy atom. The van der Waals surface area contributed by atoms with E-state index in [9.17, 15) is 14.2 Å². The van der Waals surface area contributed by atoms with Gasteiger partial charge in [0.1, 0.15) is 5.75 Å². The van der Waals surface area contributed by atoms with Crippen LogP contribution in [0, 0.1) is 0 Å². The summed E-state index contributed by atoms with van der Waals surface area (Å²) < 4.78 is 17.3. The van der Waals surface area contributed by atoms with E-state index in [0.29, 0.717) is 10.4 Å². The van der Waals surface area contributed by atoms with Crippen molar-refractivity contribution in [3.63, 3.8) is 0 Å². The highest BCUT2D eigenvalue weighted by Gasteiger charge is 2.29. The normalized spacial score (nSPS) is 16.6. The molecule has 1 aromatic rings. The Bertz CT molecular complexity index is 465. The number of rotatable bonds is 3. The van der Waals surface area contributed by atoms with E-state index in [4.69, 9.17) is 4.52 Å². The number of amides is 2. The maximum atomic E-state index is 11.6. The number of carbonyl (C=O) groups excluding carboxylic acids is 2. The van der Waals surface area contributed by atoms with Crippen LogP contribution in [0.25, 0.3) is 0 Å². The van der Waals surface area contributed by atoms with Crippen LogP contribution in [0.1, 0.15) is 0 Å². The molecule has 1 aromatic carbocycles. The minimum absolute atomic E-state index is 0.360. The summed E-state index contributed by atoms with van der Waals surface area (Å²) in [6.45, 7) is 0. The van der Waals surface area contributed by atoms with Crippen LogP contribution in [-0.4, -0.2) is 16.5 Å². The Balaban J connectivity index is 2.10. The lowest BCUT2D eigenvalue weighted by atomic mass is 10.3. The molecule has 0 aromatic heterocycles. The molecule has 0 bridgehead atoms. The van der Waals surface area contributed by atoms with Crippen molar-refractivity contribution in [2.24, 2.45) is 0 Å². The van der Waals surface area contributed by atoms with Crippen LogP contribution in [0.5, 0.6) is 5.75 Å². The van der Waals surface area contributed by atoms with Gasteiger partial charge in [0.15, 0.2) is 0 Å². The summed E-state index contributed by atoms with van der Waals surface area (Å²) in [6.07, 6.45) is 2.14. The fourth-order valence-electron chi connectivity index (χ4n) is 1.22. The van der Waals surface area contributed by atoms with Gasteiger partial charge in [0.2, 0.25) is 0 Å². The highest BCUT2D eigenvalue weighted by molar-refractivity contribution is 7.39. The molecule has 6 heteroatoms. The lowest BCUT2D eigenvalue weighted by molar-refractivity contribution is -0.131. The largest absolute Gasteiger partial charge is 0.430 e. The smallest absolute Gasteiger partial charge is 0.341 e. The Labute approximate surface area is 92.2 Å². The standard InChI is InChI=1S/C10H8NO4P/c12-9-6-7-10(13)11(9)16(14)15-8-4-2-1-3-5-8/h1-7,16H.